The zero-order chi connectivity index (χ0) is 13.1. The van der Waals surface area contributed by atoms with Crippen molar-refractivity contribution in [1.29, 1.82) is 0 Å². The highest BCUT2D eigenvalue weighted by Crippen LogP contribution is 2.19. The number of amides is 3. The predicted molar refractivity (Wildman–Crippen MR) is 69.4 cm³/mol. The molecule has 5 nitrogen and oxygen atoms in total. The molecule has 1 heterocycles. The van der Waals surface area contributed by atoms with Crippen molar-refractivity contribution < 1.29 is 9.59 Å². The number of hydrogen-bond acceptors (Lipinski definition) is 2. The number of carbonyl (C=O) groups is 2. The number of anilines is 1. The molecule has 18 heavy (non-hydrogen) atoms. The van der Waals surface area contributed by atoms with Crippen molar-refractivity contribution in [2.24, 2.45) is 0 Å². The van der Waals surface area contributed by atoms with E-state index in [-0.39, 0.29) is 5.91 Å². The van der Waals surface area contributed by atoms with Gasteiger partial charge in [0.1, 0.15) is 0 Å². The van der Waals surface area contributed by atoms with E-state index in [1.165, 1.54) is 6.08 Å². The summed E-state index contributed by atoms with van der Waals surface area (Å²) in [7, 11) is 0. The van der Waals surface area contributed by atoms with Gasteiger partial charge in [-0.15, -0.1) is 0 Å². The molecule has 2 rings (SSSR count). The smallest absolute Gasteiger partial charge is 0.323 e. The lowest BCUT2D eigenvalue weighted by atomic mass is 10.2. The Bertz CT molecular complexity index is 540. The molecule has 6 heteroatoms. The van der Waals surface area contributed by atoms with Crippen LogP contribution in [0.1, 0.15) is 5.56 Å². The van der Waals surface area contributed by atoms with E-state index in [1.807, 2.05) is 13.0 Å². The van der Waals surface area contributed by atoms with Gasteiger partial charge in [-0.25, -0.2) is 4.79 Å². The van der Waals surface area contributed by atoms with Gasteiger partial charge < -0.3 is 16.0 Å². The Morgan fingerprint density at radius 2 is 2.17 bits per heavy atom. The molecule has 0 aliphatic carbocycles. The van der Waals surface area contributed by atoms with Crippen LogP contribution in [0.4, 0.5) is 10.5 Å². The summed E-state index contributed by atoms with van der Waals surface area (Å²) < 4.78 is 0. The van der Waals surface area contributed by atoms with Crippen LogP contribution in [0.25, 0.3) is 0 Å². The fourth-order valence-electron chi connectivity index (χ4n) is 1.50. The first-order valence-electron chi connectivity index (χ1n) is 5.37. The first-order chi connectivity index (χ1) is 8.54. The highest BCUT2D eigenvalue weighted by atomic mass is 35.5. The van der Waals surface area contributed by atoms with Crippen LogP contribution in [0.5, 0.6) is 0 Å². The molecular weight excluding hydrogens is 254 g/mol. The zero-order valence-electron chi connectivity index (χ0n) is 9.71. The molecule has 1 aromatic carbocycles. The molecule has 0 saturated carbocycles. The molecule has 0 fully saturated rings. The van der Waals surface area contributed by atoms with Crippen molar-refractivity contribution in [2.75, 3.05) is 11.9 Å². The molecule has 0 unspecified atom stereocenters. The minimum absolute atomic E-state index is 0.205. The van der Waals surface area contributed by atoms with Crippen molar-refractivity contribution >= 4 is 29.2 Å². The number of urea groups is 1. The van der Waals surface area contributed by atoms with Gasteiger partial charge in [0.05, 0.1) is 6.54 Å². The quantitative estimate of drug-likeness (QED) is 0.763. The molecule has 1 aliphatic heterocycles. The van der Waals surface area contributed by atoms with Gasteiger partial charge in [0, 0.05) is 22.5 Å². The van der Waals surface area contributed by atoms with Gasteiger partial charge in [-0.3, -0.25) is 4.79 Å². The zero-order valence-corrected chi connectivity index (χ0v) is 10.5. The largest absolute Gasteiger partial charge is 0.347 e. The minimum Gasteiger partial charge on any atom is -0.347 e. The van der Waals surface area contributed by atoms with Crippen LogP contribution in [-0.4, -0.2) is 18.5 Å². The third-order valence-corrected chi connectivity index (χ3v) is 2.87. The second-order valence-corrected chi connectivity index (χ2v) is 4.34. The van der Waals surface area contributed by atoms with Crippen LogP contribution in [0.2, 0.25) is 5.02 Å². The summed E-state index contributed by atoms with van der Waals surface area (Å²) in [6.45, 7) is 2.22. The van der Waals surface area contributed by atoms with Gasteiger partial charge in [0.25, 0.3) is 0 Å². The van der Waals surface area contributed by atoms with E-state index in [1.54, 1.807) is 12.1 Å². The average molecular weight is 266 g/mol. The number of hydrogen-bond donors (Lipinski definition) is 3. The van der Waals surface area contributed by atoms with E-state index in [9.17, 15) is 9.59 Å². The first-order valence-corrected chi connectivity index (χ1v) is 5.75. The van der Waals surface area contributed by atoms with E-state index >= 15 is 0 Å². The van der Waals surface area contributed by atoms with E-state index in [0.29, 0.717) is 23.0 Å². The maximum atomic E-state index is 11.6. The number of halogens is 1. The molecule has 0 aromatic heterocycles. The van der Waals surface area contributed by atoms with E-state index in [4.69, 9.17) is 11.6 Å². The maximum absolute atomic E-state index is 11.6. The fraction of sp³-hybridized carbons (Fsp3) is 0.167. The van der Waals surface area contributed by atoms with Crippen molar-refractivity contribution in [3.8, 4) is 0 Å². The summed E-state index contributed by atoms with van der Waals surface area (Å²) in [6, 6.07) is 4.84. The Labute approximate surface area is 109 Å². The van der Waals surface area contributed by atoms with Crippen LogP contribution in [0.3, 0.4) is 0 Å². The van der Waals surface area contributed by atoms with Crippen molar-refractivity contribution in [3.05, 3.63) is 40.6 Å². The van der Waals surface area contributed by atoms with Crippen LogP contribution in [0.15, 0.2) is 30.0 Å². The normalized spacial score (nSPS) is 13.9. The Balaban J connectivity index is 1.97. The lowest BCUT2D eigenvalue weighted by Gasteiger charge is -2.08. The SMILES string of the molecule is Cc1ccc(NC(=O)NC2=CC(=O)NC2)cc1Cl. The molecule has 0 bridgehead atoms. The highest BCUT2D eigenvalue weighted by molar-refractivity contribution is 6.31. The number of nitrogens with one attached hydrogen (secondary N) is 3. The second-order valence-electron chi connectivity index (χ2n) is 3.93. The number of benzene rings is 1. The summed E-state index contributed by atoms with van der Waals surface area (Å²) in [6.07, 6.45) is 1.35. The number of rotatable bonds is 2. The molecule has 0 spiro atoms. The average Bonchev–Trinajstić information content (AvgIpc) is 2.69. The molecule has 94 valence electrons. The van der Waals surface area contributed by atoms with Crippen LogP contribution in [-0.2, 0) is 4.79 Å². The molecule has 1 aliphatic rings. The van der Waals surface area contributed by atoms with Crippen LogP contribution >= 0.6 is 11.6 Å². The van der Waals surface area contributed by atoms with Crippen molar-refractivity contribution in [3.63, 3.8) is 0 Å². The van der Waals surface area contributed by atoms with E-state index in [2.05, 4.69) is 16.0 Å². The standard InChI is InChI=1S/C12H12ClN3O2/c1-7-2-3-8(4-10(7)13)15-12(18)16-9-5-11(17)14-6-9/h2-5H,6H2,1H3,(H,14,17)(H2,15,16,18). The monoisotopic (exact) mass is 265 g/mol. The maximum Gasteiger partial charge on any atom is 0.323 e. The summed E-state index contributed by atoms with van der Waals surface area (Å²) in [5.74, 6) is -0.205. The fourth-order valence-corrected chi connectivity index (χ4v) is 1.68. The molecular formula is C12H12ClN3O2. The summed E-state index contributed by atoms with van der Waals surface area (Å²) in [5, 5.41) is 8.36. The molecule has 0 radical (unpaired) electrons. The third kappa shape index (κ3) is 3.01. The Hall–Kier alpha value is -2.01. The molecule has 0 saturated heterocycles. The topological polar surface area (TPSA) is 70.2 Å². The van der Waals surface area contributed by atoms with Gasteiger partial charge in [0.2, 0.25) is 5.91 Å². The van der Waals surface area contributed by atoms with Crippen LogP contribution < -0.4 is 16.0 Å². The van der Waals surface area contributed by atoms with Gasteiger partial charge >= 0.3 is 6.03 Å². The molecule has 3 amide bonds. The summed E-state index contributed by atoms with van der Waals surface area (Å²) in [4.78, 5) is 22.5. The highest BCUT2D eigenvalue weighted by Gasteiger charge is 2.13. The molecule has 1 aromatic rings. The van der Waals surface area contributed by atoms with Crippen LogP contribution in [0, 0.1) is 6.92 Å². The Morgan fingerprint density at radius 3 is 2.78 bits per heavy atom. The number of carbonyl (C=O) groups excluding carboxylic acids is 2. The van der Waals surface area contributed by atoms with Gasteiger partial charge in [-0.2, -0.15) is 0 Å². The van der Waals surface area contributed by atoms with Gasteiger partial charge in [0.15, 0.2) is 0 Å². The van der Waals surface area contributed by atoms with Crippen molar-refractivity contribution in [1.82, 2.24) is 10.6 Å². The summed E-state index contributed by atoms with van der Waals surface area (Å²) >= 11 is 5.95. The van der Waals surface area contributed by atoms with Gasteiger partial charge in [-0.1, -0.05) is 17.7 Å². The van der Waals surface area contributed by atoms with E-state index in [0.717, 1.165) is 5.56 Å². The first kappa shape index (κ1) is 12.4. The second kappa shape index (κ2) is 5.10. The molecule has 0 atom stereocenters. The lowest BCUT2D eigenvalue weighted by Crippen LogP contribution is -2.30. The van der Waals surface area contributed by atoms with Gasteiger partial charge in [-0.05, 0) is 24.6 Å². The van der Waals surface area contributed by atoms with Crippen molar-refractivity contribution in [2.45, 2.75) is 6.92 Å². The Kier molecular flexibility index (Phi) is 3.53. The third-order valence-electron chi connectivity index (χ3n) is 2.46. The minimum atomic E-state index is -0.405. The van der Waals surface area contributed by atoms with E-state index < -0.39 is 6.03 Å². The predicted octanol–water partition coefficient (Wildman–Crippen LogP) is 1.78. The number of aryl methyl sites for hydroxylation is 1. The molecule has 3 N–H and O–H groups in total. The summed E-state index contributed by atoms with van der Waals surface area (Å²) in [5.41, 5.74) is 2.08. The lowest BCUT2D eigenvalue weighted by molar-refractivity contribution is -0.115. The Morgan fingerprint density at radius 1 is 1.39 bits per heavy atom.